The van der Waals surface area contributed by atoms with Crippen molar-refractivity contribution in [3.63, 3.8) is 0 Å². The van der Waals surface area contributed by atoms with Crippen molar-refractivity contribution in [1.29, 1.82) is 0 Å². The Kier molecular flexibility index (Phi) is 6.61. The van der Waals surface area contributed by atoms with Crippen molar-refractivity contribution >= 4 is 34.5 Å². The summed E-state index contributed by atoms with van der Waals surface area (Å²) in [6.45, 7) is 4.29. The maximum Gasteiger partial charge on any atom is 0.341 e. The van der Waals surface area contributed by atoms with Crippen molar-refractivity contribution in [2.24, 2.45) is 0 Å². The number of carbonyl (C=O) groups excluding carboxylic acids is 3. The van der Waals surface area contributed by atoms with Crippen molar-refractivity contribution < 1.29 is 19.1 Å². The first-order chi connectivity index (χ1) is 14.0. The third kappa shape index (κ3) is 4.63. The number of rotatable bonds is 8. The zero-order chi connectivity index (χ0) is 20.8. The second kappa shape index (κ2) is 9.34. The Morgan fingerprint density at radius 2 is 1.93 bits per heavy atom. The number of aldehydes is 1. The Morgan fingerprint density at radius 1 is 1.17 bits per heavy atom. The van der Waals surface area contributed by atoms with Gasteiger partial charge in [-0.1, -0.05) is 30.3 Å². The summed E-state index contributed by atoms with van der Waals surface area (Å²) in [5, 5.41) is 3.34. The minimum absolute atomic E-state index is 0.176. The van der Waals surface area contributed by atoms with Crippen LogP contribution in [0.1, 0.15) is 39.1 Å². The number of amides is 1. The predicted molar refractivity (Wildman–Crippen MR) is 114 cm³/mol. The molecule has 0 unspecified atom stereocenters. The van der Waals surface area contributed by atoms with Gasteiger partial charge >= 0.3 is 5.97 Å². The summed E-state index contributed by atoms with van der Waals surface area (Å²) in [6, 6.07) is 13.0. The van der Waals surface area contributed by atoms with Crippen molar-refractivity contribution in [3.05, 3.63) is 64.8 Å². The van der Waals surface area contributed by atoms with Gasteiger partial charge in [-0.05, 0) is 31.5 Å². The molecule has 1 aromatic carbocycles. The number of hydrogen-bond acceptors (Lipinski definition) is 5. The van der Waals surface area contributed by atoms with Crippen LogP contribution < -0.4 is 5.32 Å². The lowest BCUT2D eigenvalue weighted by Crippen LogP contribution is -2.16. The van der Waals surface area contributed by atoms with Gasteiger partial charge in [0, 0.05) is 29.6 Å². The summed E-state index contributed by atoms with van der Waals surface area (Å²) in [6.07, 6.45) is 2.69. The molecule has 0 bridgehead atoms. The van der Waals surface area contributed by atoms with E-state index in [-0.39, 0.29) is 18.9 Å². The number of hydrogen-bond donors (Lipinski definition) is 1. The standard InChI is InChI=1S/C22H22N2O4S/c1-3-28-22(27)20-19(16-8-5-4-6-9-16)15(2)29-21(20)23-18(26)11-13-24-12-7-10-17(24)14-25/h4-10,12,14H,3,11,13H2,1-2H3,(H,23,26). The highest BCUT2D eigenvalue weighted by Crippen LogP contribution is 2.40. The van der Waals surface area contributed by atoms with Crippen LogP contribution >= 0.6 is 11.3 Å². The van der Waals surface area contributed by atoms with Crippen molar-refractivity contribution in [2.75, 3.05) is 11.9 Å². The number of anilines is 1. The number of aromatic nitrogens is 1. The van der Waals surface area contributed by atoms with E-state index in [2.05, 4.69) is 5.32 Å². The molecule has 3 rings (SSSR count). The Hall–Kier alpha value is -3.19. The molecule has 7 heteroatoms. The molecule has 1 amide bonds. The quantitative estimate of drug-likeness (QED) is 0.437. The van der Waals surface area contributed by atoms with Crippen LogP contribution in [0.3, 0.4) is 0 Å². The smallest absolute Gasteiger partial charge is 0.341 e. The molecule has 29 heavy (non-hydrogen) atoms. The number of thiophene rings is 1. The van der Waals surface area contributed by atoms with E-state index in [1.54, 1.807) is 29.8 Å². The van der Waals surface area contributed by atoms with E-state index in [0.717, 1.165) is 22.3 Å². The van der Waals surface area contributed by atoms with Crippen LogP contribution in [0.2, 0.25) is 0 Å². The van der Waals surface area contributed by atoms with Gasteiger partial charge in [0.2, 0.25) is 5.91 Å². The fourth-order valence-corrected chi connectivity index (χ4v) is 4.21. The third-order valence-corrected chi connectivity index (χ3v) is 5.47. The highest BCUT2D eigenvalue weighted by molar-refractivity contribution is 7.17. The van der Waals surface area contributed by atoms with E-state index < -0.39 is 5.97 Å². The third-order valence-electron chi connectivity index (χ3n) is 4.44. The molecule has 0 saturated heterocycles. The highest BCUT2D eigenvalue weighted by Gasteiger charge is 2.25. The van der Waals surface area contributed by atoms with Crippen LogP contribution in [-0.2, 0) is 16.1 Å². The molecular weight excluding hydrogens is 388 g/mol. The summed E-state index contributed by atoms with van der Waals surface area (Å²) in [4.78, 5) is 37.1. The first kappa shape index (κ1) is 20.5. The number of benzene rings is 1. The van der Waals surface area contributed by atoms with Crippen molar-refractivity contribution in [1.82, 2.24) is 4.57 Å². The maximum atomic E-state index is 12.7. The number of nitrogens with one attached hydrogen (secondary N) is 1. The Bertz CT molecular complexity index is 1020. The van der Waals surface area contributed by atoms with Crippen LogP contribution in [0.5, 0.6) is 0 Å². The highest BCUT2D eigenvalue weighted by atomic mass is 32.1. The van der Waals surface area contributed by atoms with Gasteiger partial charge in [-0.25, -0.2) is 4.79 Å². The fraction of sp³-hybridized carbons (Fsp3) is 0.227. The first-order valence-corrected chi connectivity index (χ1v) is 10.1. The molecule has 1 N–H and O–H groups in total. The SMILES string of the molecule is CCOC(=O)c1c(NC(=O)CCn2cccc2C=O)sc(C)c1-c1ccccc1. The number of carbonyl (C=O) groups is 3. The van der Waals surface area contributed by atoms with Crippen LogP contribution in [0.15, 0.2) is 48.7 Å². The van der Waals surface area contributed by atoms with E-state index in [4.69, 9.17) is 4.74 Å². The average molecular weight is 410 g/mol. The molecule has 6 nitrogen and oxygen atoms in total. The van der Waals surface area contributed by atoms with Gasteiger partial charge < -0.3 is 14.6 Å². The Labute approximate surface area is 173 Å². The first-order valence-electron chi connectivity index (χ1n) is 9.31. The van der Waals surface area contributed by atoms with Crippen molar-refractivity contribution in [3.8, 4) is 11.1 Å². The molecule has 150 valence electrons. The zero-order valence-electron chi connectivity index (χ0n) is 16.3. The molecule has 0 atom stereocenters. The molecule has 0 radical (unpaired) electrons. The number of aryl methyl sites for hydroxylation is 2. The number of nitrogens with zero attached hydrogens (tertiary/aromatic N) is 1. The summed E-state index contributed by atoms with van der Waals surface area (Å²) in [5.74, 6) is -0.693. The van der Waals surface area contributed by atoms with E-state index in [1.807, 2.05) is 37.3 Å². The molecule has 0 aliphatic carbocycles. The minimum Gasteiger partial charge on any atom is -0.462 e. The Balaban J connectivity index is 1.85. The van der Waals surface area contributed by atoms with Gasteiger partial charge in [-0.2, -0.15) is 0 Å². The van der Waals surface area contributed by atoms with Gasteiger partial charge in [-0.3, -0.25) is 9.59 Å². The van der Waals surface area contributed by atoms with Gasteiger partial charge in [-0.15, -0.1) is 11.3 Å². The van der Waals surface area contributed by atoms with Crippen molar-refractivity contribution in [2.45, 2.75) is 26.8 Å². The summed E-state index contributed by atoms with van der Waals surface area (Å²) in [7, 11) is 0. The van der Waals surface area contributed by atoms with E-state index >= 15 is 0 Å². The molecule has 2 aromatic heterocycles. The topological polar surface area (TPSA) is 77.4 Å². The average Bonchev–Trinajstić information content (AvgIpc) is 3.30. The normalized spacial score (nSPS) is 10.6. The van der Waals surface area contributed by atoms with Gasteiger partial charge in [0.15, 0.2) is 6.29 Å². The van der Waals surface area contributed by atoms with Gasteiger partial charge in [0.05, 0.1) is 12.3 Å². The monoisotopic (exact) mass is 410 g/mol. The molecule has 0 fully saturated rings. The van der Waals surface area contributed by atoms with Crippen LogP contribution in [0, 0.1) is 6.92 Å². The minimum atomic E-state index is -0.459. The van der Waals surface area contributed by atoms with Crippen LogP contribution in [0.25, 0.3) is 11.1 Å². The molecule has 3 aromatic rings. The largest absolute Gasteiger partial charge is 0.462 e. The summed E-state index contributed by atoms with van der Waals surface area (Å²) in [5.41, 5.74) is 2.57. The predicted octanol–water partition coefficient (Wildman–Crippen LogP) is 4.54. The maximum absolute atomic E-state index is 12.7. The summed E-state index contributed by atoms with van der Waals surface area (Å²) < 4.78 is 6.96. The van der Waals surface area contributed by atoms with E-state index in [9.17, 15) is 14.4 Å². The molecule has 0 saturated carbocycles. The zero-order valence-corrected chi connectivity index (χ0v) is 17.1. The van der Waals surface area contributed by atoms with E-state index in [0.29, 0.717) is 22.8 Å². The lowest BCUT2D eigenvalue weighted by atomic mass is 10.0. The molecule has 0 spiro atoms. The molecule has 0 aliphatic rings. The van der Waals surface area contributed by atoms with Gasteiger partial charge in [0.25, 0.3) is 0 Å². The summed E-state index contributed by atoms with van der Waals surface area (Å²) >= 11 is 1.35. The van der Waals surface area contributed by atoms with Crippen LogP contribution in [0.4, 0.5) is 5.00 Å². The fourth-order valence-electron chi connectivity index (χ4n) is 3.13. The molecule has 2 heterocycles. The Morgan fingerprint density at radius 3 is 2.62 bits per heavy atom. The number of esters is 1. The molecular formula is C22H22N2O4S. The molecule has 0 aliphatic heterocycles. The van der Waals surface area contributed by atoms with Crippen LogP contribution in [-0.4, -0.2) is 29.3 Å². The second-order valence-corrected chi connectivity index (χ2v) is 7.59. The second-order valence-electron chi connectivity index (χ2n) is 6.37. The lowest BCUT2D eigenvalue weighted by Gasteiger charge is -2.10. The van der Waals surface area contributed by atoms with E-state index in [1.165, 1.54) is 11.3 Å². The lowest BCUT2D eigenvalue weighted by molar-refractivity contribution is -0.116. The number of ether oxygens (including phenoxy) is 1. The van der Waals surface area contributed by atoms with Gasteiger partial charge in [0.1, 0.15) is 10.6 Å².